The number of sulfonamides is 1. The zero-order chi connectivity index (χ0) is 18.1. The lowest BCUT2D eigenvalue weighted by atomic mass is 10.2. The molecule has 0 saturated carbocycles. The third kappa shape index (κ3) is 5.88. The van der Waals surface area contributed by atoms with Gasteiger partial charge < -0.3 is 10.6 Å². The molecule has 25 heavy (non-hydrogen) atoms. The van der Waals surface area contributed by atoms with Crippen LogP contribution in [0.5, 0.6) is 0 Å². The van der Waals surface area contributed by atoms with Crippen LogP contribution in [0.15, 0.2) is 59.5 Å². The Morgan fingerprint density at radius 2 is 1.68 bits per heavy atom. The SMILES string of the molecule is CNCCCC(=O)NCc1ccccc1NS(=O)(=O)c1ccccc1. The van der Waals surface area contributed by atoms with Crippen molar-refractivity contribution in [3.05, 3.63) is 60.2 Å². The summed E-state index contributed by atoms with van der Waals surface area (Å²) in [6.07, 6.45) is 1.18. The molecule has 0 saturated heterocycles. The lowest BCUT2D eigenvalue weighted by Gasteiger charge is -2.13. The van der Waals surface area contributed by atoms with Crippen LogP contribution in [0.25, 0.3) is 0 Å². The van der Waals surface area contributed by atoms with Crippen LogP contribution in [-0.2, 0) is 21.4 Å². The fourth-order valence-corrected chi connectivity index (χ4v) is 3.41. The molecular formula is C18H23N3O3S. The van der Waals surface area contributed by atoms with Gasteiger partial charge in [-0.05, 0) is 43.8 Å². The standard InChI is InChI=1S/C18H23N3O3S/c1-19-13-7-12-18(22)20-14-15-8-5-6-11-17(15)21-25(23,24)16-9-3-2-4-10-16/h2-6,8-11,19,21H,7,12-14H2,1H3,(H,20,22). The van der Waals surface area contributed by atoms with Crippen LogP contribution < -0.4 is 15.4 Å². The van der Waals surface area contributed by atoms with Gasteiger partial charge in [0.2, 0.25) is 5.91 Å². The summed E-state index contributed by atoms with van der Waals surface area (Å²) >= 11 is 0. The van der Waals surface area contributed by atoms with Crippen molar-refractivity contribution in [2.24, 2.45) is 0 Å². The van der Waals surface area contributed by atoms with Crippen molar-refractivity contribution < 1.29 is 13.2 Å². The third-order valence-electron chi connectivity index (χ3n) is 3.62. The number of nitrogens with one attached hydrogen (secondary N) is 3. The van der Waals surface area contributed by atoms with Gasteiger partial charge in [0.15, 0.2) is 0 Å². The van der Waals surface area contributed by atoms with Crippen LogP contribution >= 0.6 is 0 Å². The van der Waals surface area contributed by atoms with E-state index in [1.165, 1.54) is 12.1 Å². The molecule has 0 bridgehead atoms. The zero-order valence-electron chi connectivity index (χ0n) is 14.2. The smallest absolute Gasteiger partial charge is 0.261 e. The number of benzene rings is 2. The number of carbonyl (C=O) groups excluding carboxylic acids is 1. The van der Waals surface area contributed by atoms with E-state index in [4.69, 9.17) is 0 Å². The predicted octanol–water partition coefficient (Wildman–Crippen LogP) is 2.10. The first kappa shape index (κ1) is 19.0. The van der Waals surface area contributed by atoms with Gasteiger partial charge in [0, 0.05) is 13.0 Å². The number of hydrogen-bond donors (Lipinski definition) is 3. The summed E-state index contributed by atoms with van der Waals surface area (Å²) in [5.74, 6) is -0.0593. The van der Waals surface area contributed by atoms with Gasteiger partial charge in [-0.1, -0.05) is 36.4 Å². The van der Waals surface area contributed by atoms with Gasteiger partial charge in [-0.15, -0.1) is 0 Å². The lowest BCUT2D eigenvalue weighted by molar-refractivity contribution is -0.121. The molecule has 0 unspecified atom stereocenters. The second-order valence-electron chi connectivity index (χ2n) is 5.56. The fourth-order valence-electron chi connectivity index (χ4n) is 2.29. The van der Waals surface area contributed by atoms with Crippen molar-refractivity contribution in [1.82, 2.24) is 10.6 Å². The van der Waals surface area contributed by atoms with Crippen LogP contribution in [0.2, 0.25) is 0 Å². The van der Waals surface area contributed by atoms with Gasteiger partial charge in [0.25, 0.3) is 10.0 Å². The minimum absolute atomic E-state index is 0.0593. The van der Waals surface area contributed by atoms with Crippen LogP contribution in [0.3, 0.4) is 0 Å². The molecular weight excluding hydrogens is 338 g/mol. The summed E-state index contributed by atoms with van der Waals surface area (Å²) in [4.78, 5) is 12.0. The van der Waals surface area contributed by atoms with E-state index in [0.717, 1.165) is 13.0 Å². The first-order chi connectivity index (χ1) is 12.0. The molecule has 2 aromatic rings. The average molecular weight is 361 g/mol. The maximum Gasteiger partial charge on any atom is 0.261 e. The summed E-state index contributed by atoms with van der Waals surface area (Å²) in [6, 6.07) is 15.2. The molecule has 134 valence electrons. The molecule has 0 aliphatic heterocycles. The van der Waals surface area contributed by atoms with Crippen molar-refractivity contribution in [3.63, 3.8) is 0 Å². The van der Waals surface area contributed by atoms with Crippen LogP contribution in [0.4, 0.5) is 5.69 Å². The maximum absolute atomic E-state index is 12.5. The molecule has 0 atom stereocenters. The molecule has 2 rings (SSSR count). The summed E-state index contributed by atoms with van der Waals surface area (Å²) in [5, 5.41) is 5.81. The van der Waals surface area contributed by atoms with Crippen molar-refractivity contribution in [1.29, 1.82) is 0 Å². The number of anilines is 1. The van der Waals surface area contributed by atoms with E-state index in [1.54, 1.807) is 36.4 Å². The number of hydrogen-bond acceptors (Lipinski definition) is 4. The lowest BCUT2D eigenvalue weighted by Crippen LogP contribution is -2.24. The molecule has 7 heteroatoms. The minimum Gasteiger partial charge on any atom is -0.352 e. The van der Waals surface area contributed by atoms with Crippen molar-refractivity contribution in [2.75, 3.05) is 18.3 Å². The Labute approximate surface area is 148 Å². The Bertz CT molecular complexity index is 792. The van der Waals surface area contributed by atoms with Crippen molar-refractivity contribution in [2.45, 2.75) is 24.3 Å². The second-order valence-corrected chi connectivity index (χ2v) is 7.24. The van der Waals surface area contributed by atoms with Crippen molar-refractivity contribution in [3.8, 4) is 0 Å². The first-order valence-corrected chi connectivity index (χ1v) is 9.58. The molecule has 2 aromatic carbocycles. The highest BCUT2D eigenvalue weighted by molar-refractivity contribution is 7.92. The first-order valence-electron chi connectivity index (χ1n) is 8.10. The van der Waals surface area contributed by atoms with Gasteiger partial charge in [-0.2, -0.15) is 0 Å². The van der Waals surface area contributed by atoms with E-state index in [0.29, 0.717) is 17.7 Å². The Hall–Kier alpha value is -2.38. The van der Waals surface area contributed by atoms with Crippen molar-refractivity contribution >= 4 is 21.6 Å². The van der Waals surface area contributed by atoms with E-state index in [-0.39, 0.29) is 17.3 Å². The van der Waals surface area contributed by atoms with Gasteiger partial charge in [-0.3, -0.25) is 9.52 Å². The Morgan fingerprint density at radius 3 is 2.40 bits per heavy atom. The van der Waals surface area contributed by atoms with Gasteiger partial charge >= 0.3 is 0 Å². The Morgan fingerprint density at radius 1 is 1.00 bits per heavy atom. The van der Waals surface area contributed by atoms with E-state index in [2.05, 4.69) is 15.4 Å². The van der Waals surface area contributed by atoms with Gasteiger partial charge in [0.1, 0.15) is 0 Å². The predicted molar refractivity (Wildman–Crippen MR) is 98.7 cm³/mol. The molecule has 0 radical (unpaired) electrons. The number of rotatable bonds is 9. The molecule has 0 aromatic heterocycles. The maximum atomic E-state index is 12.5. The Kier molecular flexibility index (Phi) is 6.97. The zero-order valence-corrected chi connectivity index (χ0v) is 15.0. The molecule has 3 N–H and O–H groups in total. The van der Waals surface area contributed by atoms with Crippen LogP contribution in [0.1, 0.15) is 18.4 Å². The normalized spacial score (nSPS) is 11.1. The minimum atomic E-state index is -3.66. The monoisotopic (exact) mass is 361 g/mol. The summed E-state index contributed by atoms with van der Waals surface area (Å²) < 4.78 is 27.5. The number of amides is 1. The largest absolute Gasteiger partial charge is 0.352 e. The second kappa shape index (κ2) is 9.19. The fraction of sp³-hybridized carbons (Fsp3) is 0.278. The molecule has 0 aliphatic rings. The highest BCUT2D eigenvalue weighted by atomic mass is 32.2. The number of para-hydroxylation sites is 1. The average Bonchev–Trinajstić information content (AvgIpc) is 2.62. The highest BCUT2D eigenvalue weighted by Gasteiger charge is 2.15. The third-order valence-corrected chi connectivity index (χ3v) is 5.00. The summed E-state index contributed by atoms with van der Waals surface area (Å²) in [5.41, 5.74) is 1.17. The molecule has 0 spiro atoms. The summed E-state index contributed by atoms with van der Waals surface area (Å²) in [7, 11) is -1.82. The quantitative estimate of drug-likeness (QED) is 0.597. The summed E-state index contributed by atoms with van der Waals surface area (Å²) in [6.45, 7) is 1.05. The topological polar surface area (TPSA) is 87.3 Å². The van der Waals surface area contributed by atoms with Gasteiger partial charge in [0.05, 0.1) is 10.6 Å². The van der Waals surface area contributed by atoms with E-state index in [1.807, 2.05) is 13.1 Å². The highest BCUT2D eigenvalue weighted by Crippen LogP contribution is 2.20. The molecule has 0 fully saturated rings. The molecule has 0 aliphatic carbocycles. The molecule has 6 nitrogen and oxygen atoms in total. The van der Waals surface area contributed by atoms with E-state index >= 15 is 0 Å². The molecule has 0 heterocycles. The van der Waals surface area contributed by atoms with Gasteiger partial charge in [-0.25, -0.2) is 8.42 Å². The number of carbonyl (C=O) groups is 1. The van der Waals surface area contributed by atoms with E-state index in [9.17, 15) is 13.2 Å². The van der Waals surface area contributed by atoms with Crippen LogP contribution in [0, 0.1) is 0 Å². The Balaban J connectivity index is 2.04. The van der Waals surface area contributed by atoms with E-state index < -0.39 is 10.0 Å². The molecule has 1 amide bonds. The van der Waals surface area contributed by atoms with Crippen LogP contribution in [-0.4, -0.2) is 27.9 Å².